The van der Waals surface area contributed by atoms with Crippen molar-refractivity contribution in [2.24, 2.45) is 5.73 Å². The van der Waals surface area contributed by atoms with E-state index in [2.05, 4.69) is 18.7 Å². The van der Waals surface area contributed by atoms with Gasteiger partial charge >= 0.3 is 5.97 Å². The lowest BCUT2D eigenvalue weighted by Gasteiger charge is -2.33. The summed E-state index contributed by atoms with van der Waals surface area (Å²) in [5, 5.41) is 8.78. The molecule has 1 saturated heterocycles. The van der Waals surface area contributed by atoms with Gasteiger partial charge in [0.25, 0.3) is 0 Å². The number of nitrogens with zero attached hydrogens (tertiary/aromatic N) is 1. The normalized spacial score (nSPS) is 33.9. The smallest absolute Gasteiger partial charge is 0.305 e. The molecule has 1 rings (SSSR count). The van der Waals surface area contributed by atoms with E-state index >= 15 is 0 Å². The largest absolute Gasteiger partial charge is 0.481 e. The highest BCUT2D eigenvalue weighted by Crippen LogP contribution is 2.30. The standard InChI is InChI=1S/C10H20N2O2/c1-7(2)12-5-4-10(11,8(12)3)6-9(13)14/h7-8H,4-6,11H2,1-3H3,(H,13,14). The van der Waals surface area contributed by atoms with Gasteiger partial charge < -0.3 is 10.8 Å². The molecule has 1 aliphatic heterocycles. The van der Waals surface area contributed by atoms with Gasteiger partial charge in [-0.3, -0.25) is 9.69 Å². The van der Waals surface area contributed by atoms with Crippen molar-refractivity contribution in [3.05, 3.63) is 0 Å². The molecule has 1 fully saturated rings. The minimum absolute atomic E-state index is 0.0669. The summed E-state index contributed by atoms with van der Waals surface area (Å²) in [6, 6.07) is 0.586. The van der Waals surface area contributed by atoms with Crippen LogP contribution in [0.2, 0.25) is 0 Å². The number of nitrogens with two attached hydrogens (primary N) is 1. The molecule has 0 saturated carbocycles. The van der Waals surface area contributed by atoms with Crippen LogP contribution < -0.4 is 5.73 Å². The Labute approximate surface area is 85.1 Å². The molecule has 1 heterocycles. The molecule has 82 valence electrons. The Hall–Kier alpha value is -0.610. The Morgan fingerprint density at radius 2 is 2.29 bits per heavy atom. The summed E-state index contributed by atoms with van der Waals surface area (Å²) in [6.45, 7) is 7.16. The molecule has 3 N–H and O–H groups in total. The van der Waals surface area contributed by atoms with Crippen molar-refractivity contribution in [1.29, 1.82) is 0 Å². The Morgan fingerprint density at radius 1 is 1.71 bits per heavy atom. The predicted octanol–water partition coefficient (Wildman–Crippen LogP) is 0.661. The van der Waals surface area contributed by atoms with Crippen LogP contribution in [0.4, 0.5) is 0 Å². The third-order valence-electron chi connectivity index (χ3n) is 3.31. The van der Waals surface area contributed by atoms with Crippen LogP contribution in [0.15, 0.2) is 0 Å². The minimum Gasteiger partial charge on any atom is -0.481 e. The lowest BCUT2D eigenvalue weighted by molar-refractivity contribution is -0.138. The van der Waals surface area contributed by atoms with Crippen LogP contribution in [-0.2, 0) is 4.79 Å². The van der Waals surface area contributed by atoms with E-state index in [-0.39, 0.29) is 12.5 Å². The Bertz CT molecular complexity index is 230. The number of likely N-dealkylation sites (tertiary alicyclic amines) is 1. The van der Waals surface area contributed by atoms with Crippen LogP contribution in [0.3, 0.4) is 0 Å². The fraction of sp³-hybridized carbons (Fsp3) is 0.900. The van der Waals surface area contributed by atoms with Gasteiger partial charge in [-0.15, -0.1) is 0 Å². The summed E-state index contributed by atoms with van der Waals surface area (Å²) in [4.78, 5) is 13.0. The number of carboxylic acid groups (broad SMARTS) is 1. The van der Waals surface area contributed by atoms with Crippen LogP contribution in [0, 0.1) is 0 Å². The minimum atomic E-state index is -0.801. The molecule has 0 bridgehead atoms. The van der Waals surface area contributed by atoms with Gasteiger partial charge in [0.05, 0.1) is 6.42 Å². The number of hydrogen-bond acceptors (Lipinski definition) is 3. The fourth-order valence-corrected chi connectivity index (χ4v) is 2.29. The molecule has 4 heteroatoms. The van der Waals surface area contributed by atoms with Gasteiger partial charge in [0.1, 0.15) is 0 Å². The van der Waals surface area contributed by atoms with Crippen molar-refractivity contribution >= 4 is 5.97 Å². The monoisotopic (exact) mass is 200 g/mol. The second-order valence-electron chi connectivity index (χ2n) is 4.56. The highest BCUT2D eigenvalue weighted by atomic mass is 16.4. The molecular formula is C10H20N2O2. The van der Waals surface area contributed by atoms with E-state index in [9.17, 15) is 4.79 Å². The van der Waals surface area contributed by atoms with E-state index in [4.69, 9.17) is 10.8 Å². The lowest BCUT2D eigenvalue weighted by atomic mass is 9.89. The zero-order chi connectivity index (χ0) is 10.9. The van der Waals surface area contributed by atoms with Crippen LogP contribution in [0.5, 0.6) is 0 Å². The molecule has 0 aromatic heterocycles. The Balaban J connectivity index is 2.70. The summed E-state index contributed by atoms with van der Waals surface area (Å²) >= 11 is 0. The number of rotatable bonds is 3. The maximum Gasteiger partial charge on any atom is 0.305 e. The Morgan fingerprint density at radius 3 is 2.64 bits per heavy atom. The molecule has 2 atom stereocenters. The van der Waals surface area contributed by atoms with E-state index in [1.165, 1.54) is 0 Å². The first-order valence-electron chi connectivity index (χ1n) is 5.13. The molecule has 14 heavy (non-hydrogen) atoms. The molecule has 4 nitrogen and oxygen atoms in total. The number of hydrogen-bond donors (Lipinski definition) is 2. The maximum absolute atomic E-state index is 10.7. The van der Waals surface area contributed by atoms with Crippen LogP contribution in [0.25, 0.3) is 0 Å². The topological polar surface area (TPSA) is 66.6 Å². The lowest BCUT2D eigenvalue weighted by Crippen LogP contribution is -2.52. The average Bonchev–Trinajstić information content (AvgIpc) is 2.27. The van der Waals surface area contributed by atoms with Gasteiger partial charge in [0.15, 0.2) is 0 Å². The zero-order valence-corrected chi connectivity index (χ0v) is 9.16. The summed E-state index contributed by atoms with van der Waals surface area (Å²) in [6.07, 6.45) is 0.843. The predicted molar refractivity (Wildman–Crippen MR) is 55.1 cm³/mol. The van der Waals surface area contributed by atoms with Crippen molar-refractivity contribution in [1.82, 2.24) is 4.90 Å². The molecular weight excluding hydrogens is 180 g/mol. The first kappa shape index (κ1) is 11.5. The van der Waals surface area contributed by atoms with E-state index in [1.807, 2.05) is 6.92 Å². The fourth-order valence-electron chi connectivity index (χ4n) is 2.29. The first-order chi connectivity index (χ1) is 6.37. The molecule has 0 radical (unpaired) electrons. The van der Waals surface area contributed by atoms with Gasteiger partial charge in [0, 0.05) is 24.2 Å². The van der Waals surface area contributed by atoms with Crippen molar-refractivity contribution in [3.63, 3.8) is 0 Å². The summed E-state index contributed by atoms with van der Waals surface area (Å²) < 4.78 is 0. The third kappa shape index (κ3) is 2.07. The quantitative estimate of drug-likeness (QED) is 0.702. The summed E-state index contributed by atoms with van der Waals surface area (Å²) in [7, 11) is 0. The summed E-state index contributed by atoms with van der Waals surface area (Å²) in [5.41, 5.74) is 5.56. The number of carboxylic acids is 1. The average molecular weight is 200 g/mol. The molecule has 0 amide bonds. The second kappa shape index (κ2) is 3.87. The van der Waals surface area contributed by atoms with Gasteiger partial charge in [-0.25, -0.2) is 0 Å². The van der Waals surface area contributed by atoms with Crippen LogP contribution in [0.1, 0.15) is 33.6 Å². The molecule has 0 aromatic rings. The maximum atomic E-state index is 10.7. The molecule has 0 spiro atoms. The highest BCUT2D eigenvalue weighted by molar-refractivity contribution is 5.68. The Kier molecular flexibility index (Phi) is 3.17. The van der Waals surface area contributed by atoms with Crippen molar-refractivity contribution in [2.45, 2.75) is 51.2 Å². The summed E-state index contributed by atoms with van der Waals surface area (Å²) in [5.74, 6) is -0.801. The molecule has 0 aliphatic carbocycles. The molecule has 0 aromatic carbocycles. The van der Waals surface area contributed by atoms with Gasteiger partial charge in [0.2, 0.25) is 0 Å². The zero-order valence-electron chi connectivity index (χ0n) is 9.16. The molecule has 1 aliphatic rings. The van der Waals surface area contributed by atoms with Crippen molar-refractivity contribution in [3.8, 4) is 0 Å². The number of carbonyl (C=O) groups is 1. The van der Waals surface area contributed by atoms with Crippen molar-refractivity contribution < 1.29 is 9.90 Å². The van der Waals surface area contributed by atoms with E-state index in [0.29, 0.717) is 6.04 Å². The second-order valence-corrected chi connectivity index (χ2v) is 4.56. The van der Waals surface area contributed by atoms with Gasteiger partial charge in [-0.1, -0.05) is 0 Å². The van der Waals surface area contributed by atoms with Crippen molar-refractivity contribution in [2.75, 3.05) is 6.54 Å². The van der Waals surface area contributed by atoms with E-state index in [1.54, 1.807) is 0 Å². The van der Waals surface area contributed by atoms with Crippen LogP contribution in [-0.4, -0.2) is 40.1 Å². The van der Waals surface area contributed by atoms with Gasteiger partial charge in [-0.05, 0) is 27.2 Å². The first-order valence-corrected chi connectivity index (χ1v) is 5.13. The highest BCUT2D eigenvalue weighted by Gasteiger charge is 2.43. The van der Waals surface area contributed by atoms with Crippen LogP contribution >= 0.6 is 0 Å². The third-order valence-corrected chi connectivity index (χ3v) is 3.31. The van der Waals surface area contributed by atoms with E-state index < -0.39 is 11.5 Å². The van der Waals surface area contributed by atoms with E-state index in [0.717, 1.165) is 13.0 Å². The SMILES string of the molecule is CC(C)N1CCC(N)(CC(=O)O)C1C. The molecule has 2 unspecified atom stereocenters. The van der Waals surface area contributed by atoms with Gasteiger partial charge in [-0.2, -0.15) is 0 Å². The number of aliphatic carboxylic acids is 1.